The van der Waals surface area contributed by atoms with Gasteiger partial charge in [-0.25, -0.2) is 0 Å². The molecule has 0 aromatic heterocycles. The highest BCUT2D eigenvalue weighted by Gasteiger charge is 2.76. The molecule has 4 amide bonds. The molecule has 6 nitrogen and oxygen atoms in total. The lowest BCUT2D eigenvalue weighted by Crippen LogP contribution is -2.82. The molecule has 0 bridgehead atoms. The van der Waals surface area contributed by atoms with Crippen LogP contribution in [0.4, 0.5) is 0 Å². The van der Waals surface area contributed by atoms with Crippen LogP contribution in [0.1, 0.15) is 0 Å². The lowest BCUT2D eigenvalue weighted by molar-refractivity contribution is -0.187. The summed E-state index contributed by atoms with van der Waals surface area (Å²) >= 11 is 0. The van der Waals surface area contributed by atoms with E-state index in [1.54, 1.807) is 0 Å². The van der Waals surface area contributed by atoms with Crippen LogP contribution in [0.25, 0.3) is 0 Å². The number of hydrogen-bond acceptors (Lipinski definition) is 4. The summed E-state index contributed by atoms with van der Waals surface area (Å²) in [4.78, 5) is 44.9. The molecule has 0 unspecified atom stereocenters. The van der Waals surface area contributed by atoms with Crippen LogP contribution < -0.4 is 5.31 Å². The van der Waals surface area contributed by atoms with Gasteiger partial charge in [-0.1, -0.05) is 0 Å². The van der Waals surface area contributed by atoms with E-state index in [2.05, 4.69) is 0 Å². The van der Waals surface area contributed by atoms with Crippen molar-refractivity contribution in [2.45, 2.75) is 0 Å². The fourth-order valence-corrected chi connectivity index (χ4v) is 1.30. The molecule has 0 saturated carbocycles. The number of carbonyl (C=O) groups excluding carboxylic acids is 4. The molecule has 2 heterocycles. The van der Waals surface area contributed by atoms with Gasteiger partial charge in [0, 0.05) is 7.05 Å². The zero-order valence-electron chi connectivity index (χ0n) is 7.03. The Morgan fingerprint density at radius 3 is 2.08 bits per heavy atom. The first-order valence-corrected chi connectivity index (χ1v) is 3.16. The van der Waals surface area contributed by atoms with E-state index in [1.807, 2.05) is 0 Å². The van der Waals surface area contributed by atoms with Crippen molar-refractivity contribution in [1.29, 1.82) is 0 Å². The van der Waals surface area contributed by atoms with E-state index in [0.717, 1.165) is 0 Å². The highest BCUT2D eigenvalue weighted by molar-refractivity contribution is 6.52. The van der Waals surface area contributed by atoms with Gasteiger partial charge in [0.05, 0.1) is 0 Å². The predicted octanol–water partition coefficient (Wildman–Crippen LogP) is -2.37. The highest BCUT2D eigenvalue weighted by atomic mass is 16.2. The first-order chi connectivity index (χ1) is 5.95. The number of rotatable bonds is 0. The zero-order valence-corrected chi connectivity index (χ0v) is 6.03. The summed E-state index contributed by atoms with van der Waals surface area (Å²) in [6.07, 6.45) is 0. The van der Waals surface area contributed by atoms with Crippen molar-refractivity contribution in [2.24, 2.45) is 5.41 Å². The standard InChI is InChI=1S/C6H4N2O4/c1-8-4(11)6(5(8)12)2(9)7-3(6)10/h1H3,(H,7,9,10)/i/hD. The molecule has 0 atom stereocenters. The van der Waals surface area contributed by atoms with Gasteiger partial charge in [-0.2, -0.15) is 0 Å². The van der Waals surface area contributed by atoms with E-state index >= 15 is 0 Å². The molecule has 2 fully saturated rings. The predicted molar refractivity (Wildman–Crippen MR) is 33.4 cm³/mol. The molecule has 1 spiro atoms. The number of carbonyl (C=O) groups is 4. The Hall–Kier alpha value is -1.72. The van der Waals surface area contributed by atoms with Gasteiger partial charge in [-0.3, -0.25) is 29.4 Å². The van der Waals surface area contributed by atoms with Gasteiger partial charge in [0.1, 0.15) is 0 Å². The normalized spacial score (nSPS) is 27.2. The van der Waals surface area contributed by atoms with Gasteiger partial charge in [0.25, 0.3) is 29.0 Å². The SMILES string of the molecule is [2H]N1C(=O)C2(C1=O)C(=O)N(C)C2=O. The van der Waals surface area contributed by atoms with E-state index in [9.17, 15) is 19.2 Å². The van der Waals surface area contributed by atoms with Crippen LogP contribution in [0.15, 0.2) is 0 Å². The Labute approximate surface area is 68.0 Å². The van der Waals surface area contributed by atoms with Crippen molar-refractivity contribution < 1.29 is 20.6 Å². The number of amides is 4. The number of nitrogens with zero attached hydrogens (tertiary/aromatic N) is 1. The fourth-order valence-electron chi connectivity index (χ4n) is 1.30. The number of imide groups is 2. The Bertz CT molecular complexity index is 305. The first-order valence-electron chi connectivity index (χ1n) is 3.61. The molecular weight excluding hydrogens is 164 g/mol. The van der Waals surface area contributed by atoms with Gasteiger partial charge in [0.15, 0.2) is 1.41 Å². The van der Waals surface area contributed by atoms with Crippen LogP contribution >= 0.6 is 0 Å². The summed E-state index contributed by atoms with van der Waals surface area (Å²) in [6.45, 7) is 0. The minimum absolute atomic E-state index is 0.0306. The maximum absolute atomic E-state index is 11.1. The molecular formula is C6H4N2O4. The quantitative estimate of drug-likeness (QED) is 0.324. The summed E-state index contributed by atoms with van der Waals surface area (Å²) in [6, 6.07) is 0. The molecule has 0 aliphatic carbocycles. The molecule has 0 radical (unpaired) electrons. The van der Waals surface area contributed by atoms with Gasteiger partial charge < -0.3 is 0 Å². The van der Waals surface area contributed by atoms with Crippen LogP contribution in [0.3, 0.4) is 0 Å². The highest BCUT2D eigenvalue weighted by Crippen LogP contribution is 2.38. The van der Waals surface area contributed by atoms with Gasteiger partial charge in [0.2, 0.25) is 0 Å². The van der Waals surface area contributed by atoms with Crippen LogP contribution in [0, 0.1) is 5.41 Å². The Kier molecular flexibility index (Phi) is 0.757. The summed E-state index contributed by atoms with van der Waals surface area (Å²) in [7, 11) is 1.18. The van der Waals surface area contributed by atoms with E-state index < -0.39 is 29.0 Å². The van der Waals surface area contributed by atoms with Crippen molar-refractivity contribution in [1.82, 2.24) is 10.2 Å². The molecule has 1 N–H and O–H groups in total. The second-order valence-corrected chi connectivity index (χ2v) is 2.64. The van der Waals surface area contributed by atoms with E-state index in [1.165, 1.54) is 7.05 Å². The van der Waals surface area contributed by atoms with Gasteiger partial charge >= 0.3 is 0 Å². The third kappa shape index (κ3) is 0.373. The van der Waals surface area contributed by atoms with Crippen LogP contribution in [-0.2, 0) is 19.2 Å². The van der Waals surface area contributed by atoms with Gasteiger partial charge in [-0.15, -0.1) is 0 Å². The minimum atomic E-state index is -2.17. The second-order valence-electron chi connectivity index (χ2n) is 2.64. The largest absolute Gasteiger partial charge is 0.293 e. The van der Waals surface area contributed by atoms with Crippen molar-refractivity contribution in [3.63, 3.8) is 0 Å². The Balaban J connectivity index is 2.46. The van der Waals surface area contributed by atoms with Crippen LogP contribution in [-0.4, -0.2) is 35.6 Å². The molecule has 2 saturated heterocycles. The lowest BCUT2D eigenvalue weighted by Gasteiger charge is -2.46. The molecule has 2 rings (SSSR count). The maximum Gasteiger partial charge on any atom is 0.284 e. The maximum atomic E-state index is 11.1. The topological polar surface area (TPSA) is 83.6 Å². The summed E-state index contributed by atoms with van der Waals surface area (Å²) < 4.78 is 6.78. The Morgan fingerprint density at radius 1 is 1.25 bits per heavy atom. The summed E-state index contributed by atoms with van der Waals surface area (Å²) in [5, 5.41) is 0.0306. The molecule has 2 aliphatic rings. The second kappa shape index (κ2) is 1.55. The monoisotopic (exact) mass is 169 g/mol. The van der Waals surface area contributed by atoms with Crippen LogP contribution in [0.5, 0.6) is 0 Å². The average Bonchev–Trinajstić information content (AvgIpc) is 2.16. The van der Waals surface area contributed by atoms with Crippen molar-refractivity contribution in [2.75, 3.05) is 7.05 Å². The third-order valence-electron chi connectivity index (χ3n) is 2.10. The van der Waals surface area contributed by atoms with Crippen molar-refractivity contribution in [3.8, 4) is 0 Å². The number of hydrogen-bond donors (Lipinski definition) is 1. The van der Waals surface area contributed by atoms with E-state index in [0.29, 0.717) is 4.90 Å². The lowest BCUT2D eigenvalue weighted by atomic mass is 9.71. The third-order valence-corrected chi connectivity index (χ3v) is 2.10. The fraction of sp³-hybridized carbons (Fsp3) is 0.333. The van der Waals surface area contributed by atoms with E-state index in [4.69, 9.17) is 1.41 Å². The minimum Gasteiger partial charge on any atom is -0.293 e. The van der Waals surface area contributed by atoms with E-state index in [-0.39, 0.29) is 5.31 Å². The molecule has 0 aromatic carbocycles. The average molecular weight is 169 g/mol. The first kappa shape index (κ1) is 5.87. The van der Waals surface area contributed by atoms with Crippen LogP contribution in [0.2, 0.25) is 1.41 Å². The summed E-state index contributed by atoms with van der Waals surface area (Å²) in [5.74, 6) is -3.77. The summed E-state index contributed by atoms with van der Waals surface area (Å²) in [5.41, 5.74) is -2.17. The number of nitrogens with one attached hydrogen (secondary N) is 1. The molecule has 62 valence electrons. The van der Waals surface area contributed by atoms with Crippen molar-refractivity contribution in [3.05, 3.63) is 0 Å². The number of β-lactam (4-membered cyclic amide) rings is 4. The van der Waals surface area contributed by atoms with Crippen molar-refractivity contribution >= 4 is 23.6 Å². The molecule has 6 heteroatoms. The number of likely N-dealkylation sites (tertiary alicyclic amines) is 1. The zero-order chi connectivity index (χ0) is 9.96. The molecule has 0 aromatic rings. The van der Waals surface area contributed by atoms with Gasteiger partial charge in [-0.05, 0) is 0 Å². The molecule has 2 aliphatic heterocycles. The Morgan fingerprint density at radius 2 is 1.67 bits per heavy atom. The molecule has 12 heavy (non-hydrogen) atoms. The smallest absolute Gasteiger partial charge is 0.284 e.